The molecule has 2 rings (SSSR count). The first-order valence-corrected chi connectivity index (χ1v) is 6.01. The number of hydrogen-bond acceptors (Lipinski definition) is 6. The minimum Gasteiger partial charge on any atom is -0.493 e. The Labute approximate surface area is 115 Å². The quantitative estimate of drug-likeness (QED) is 0.807. The average Bonchev–Trinajstić information content (AvgIpc) is 2.45. The number of hydrogen-bond donors (Lipinski definition) is 1. The molecule has 0 aliphatic carbocycles. The van der Waals surface area contributed by atoms with Gasteiger partial charge in [-0.05, 0) is 19.1 Å². The Balaban J connectivity index is 2.28. The molecule has 7 nitrogen and oxygen atoms in total. The van der Waals surface area contributed by atoms with E-state index in [1.165, 1.54) is 26.2 Å². The molecule has 1 aromatic rings. The van der Waals surface area contributed by atoms with Gasteiger partial charge in [-0.1, -0.05) is 0 Å². The number of benzene rings is 1. The summed E-state index contributed by atoms with van der Waals surface area (Å²) in [6.07, 6.45) is -1.01. The van der Waals surface area contributed by atoms with Crippen LogP contribution in [0.5, 0.6) is 17.2 Å². The van der Waals surface area contributed by atoms with Crippen molar-refractivity contribution in [2.75, 3.05) is 20.3 Å². The van der Waals surface area contributed by atoms with Crippen LogP contribution in [0.1, 0.15) is 17.3 Å². The van der Waals surface area contributed by atoms with Crippen molar-refractivity contribution < 1.29 is 28.5 Å². The summed E-state index contributed by atoms with van der Waals surface area (Å²) < 4.78 is 20.9. The predicted octanol–water partition coefficient (Wildman–Crippen LogP) is 0.497. The molecule has 0 bridgehead atoms. The molecule has 0 aromatic heterocycles. The van der Waals surface area contributed by atoms with E-state index < -0.39 is 18.0 Å². The number of ether oxygens (including phenoxy) is 4. The lowest BCUT2D eigenvalue weighted by molar-refractivity contribution is -0.125. The molecule has 1 aromatic carbocycles. The topological polar surface area (TPSA) is 97.1 Å². The summed E-state index contributed by atoms with van der Waals surface area (Å²) in [4.78, 5) is 22.8. The van der Waals surface area contributed by atoms with Gasteiger partial charge in [0.05, 0.1) is 12.7 Å². The van der Waals surface area contributed by atoms with Crippen LogP contribution in [0.25, 0.3) is 0 Å². The van der Waals surface area contributed by atoms with Crippen molar-refractivity contribution in [1.29, 1.82) is 0 Å². The molecule has 0 spiro atoms. The normalized spacial score (nSPS) is 14.3. The van der Waals surface area contributed by atoms with Gasteiger partial charge in [0.2, 0.25) is 5.75 Å². The molecule has 2 N–H and O–H groups in total. The number of fused-ring (bicyclic) bond motifs is 1. The lowest BCUT2D eigenvalue weighted by Crippen LogP contribution is -2.30. The van der Waals surface area contributed by atoms with Crippen molar-refractivity contribution in [3.8, 4) is 17.2 Å². The van der Waals surface area contributed by atoms with Crippen molar-refractivity contribution in [3.63, 3.8) is 0 Å². The largest absolute Gasteiger partial charge is 0.493 e. The Morgan fingerprint density at radius 3 is 2.65 bits per heavy atom. The highest BCUT2D eigenvalue weighted by Crippen LogP contribution is 2.40. The second-order valence-electron chi connectivity index (χ2n) is 4.15. The summed E-state index contributed by atoms with van der Waals surface area (Å²) in [5.41, 5.74) is 5.24. The van der Waals surface area contributed by atoms with Gasteiger partial charge < -0.3 is 24.7 Å². The molecule has 0 fully saturated rings. The Bertz CT molecular complexity index is 525. The molecule has 108 valence electrons. The van der Waals surface area contributed by atoms with E-state index in [1.54, 1.807) is 0 Å². The molecule has 1 aliphatic heterocycles. The van der Waals surface area contributed by atoms with Gasteiger partial charge in [-0.3, -0.25) is 4.79 Å². The van der Waals surface area contributed by atoms with Gasteiger partial charge in [-0.15, -0.1) is 0 Å². The zero-order chi connectivity index (χ0) is 14.7. The van der Waals surface area contributed by atoms with Gasteiger partial charge in [0, 0.05) is 0 Å². The standard InChI is InChI=1S/C13H15NO6/c1-7(12(14)15)20-13(16)8-5-9(17-2)11-10(6-8)18-3-4-19-11/h5-7H,3-4H2,1-2H3,(H2,14,15)/t7-/m1/s1. The van der Waals surface area contributed by atoms with Gasteiger partial charge in [0.15, 0.2) is 17.6 Å². The molecule has 20 heavy (non-hydrogen) atoms. The molecule has 0 unspecified atom stereocenters. The third kappa shape index (κ3) is 2.76. The third-order valence-electron chi connectivity index (χ3n) is 2.75. The average molecular weight is 281 g/mol. The second-order valence-corrected chi connectivity index (χ2v) is 4.15. The van der Waals surface area contributed by atoms with E-state index in [2.05, 4.69) is 0 Å². The van der Waals surface area contributed by atoms with Crippen LogP contribution >= 0.6 is 0 Å². The zero-order valence-electron chi connectivity index (χ0n) is 11.2. The Morgan fingerprint density at radius 1 is 1.30 bits per heavy atom. The number of carbonyl (C=O) groups excluding carboxylic acids is 2. The molecule has 0 saturated heterocycles. The first kappa shape index (κ1) is 14.0. The number of carbonyl (C=O) groups is 2. The lowest BCUT2D eigenvalue weighted by atomic mass is 10.1. The Morgan fingerprint density at radius 2 is 2.00 bits per heavy atom. The van der Waals surface area contributed by atoms with E-state index >= 15 is 0 Å². The summed E-state index contributed by atoms with van der Waals surface area (Å²) in [5, 5.41) is 0. The second kappa shape index (κ2) is 5.68. The molecule has 7 heteroatoms. The highest BCUT2D eigenvalue weighted by Gasteiger charge is 2.23. The smallest absolute Gasteiger partial charge is 0.339 e. The number of nitrogens with two attached hydrogens (primary N) is 1. The predicted molar refractivity (Wildman–Crippen MR) is 68.1 cm³/mol. The van der Waals surface area contributed by atoms with Gasteiger partial charge >= 0.3 is 5.97 Å². The van der Waals surface area contributed by atoms with E-state index in [1.807, 2.05) is 0 Å². The fraction of sp³-hybridized carbons (Fsp3) is 0.385. The summed E-state index contributed by atoms with van der Waals surface area (Å²) in [5.74, 6) is -0.206. The highest BCUT2D eigenvalue weighted by atomic mass is 16.6. The Kier molecular flexibility index (Phi) is 3.97. The van der Waals surface area contributed by atoms with Crippen molar-refractivity contribution in [3.05, 3.63) is 17.7 Å². The van der Waals surface area contributed by atoms with Crippen LogP contribution in [0.2, 0.25) is 0 Å². The maximum absolute atomic E-state index is 11.9. The molecule has 0 radical (unpaired) electrons. The van der Waals surface area contributed by atoms with Gasteiger partial charge in [0.1, 0.15) is 13.2 Å². The van der Waals surface area contributed by atoms with Crippen molar-refractivity contribution in [2.45, 2.75) is 13.0 Å². The first-order valence-electron chi connectivity index (χ1n) is 6.01. The van der Waals surface area contributed by atoms with Gasteiger partial charge in [-0.25, -0.2) is 4.79 Å². The monoisotopic (exact) mass is 281 g/mol. The third-order valence-corrected chi connectivity index (χ3v) is 2.75. The van der Waals surface area contributed by atoms with E-state index in [4.69, 9.17) is 24.7 Å². The maximum Gasteiger partial charge on any atom is 0.339 e. The van der Waals surface area contributed by atoms with E-state index in [-0.39, 0.29) is 5.56 Å². The van der Waals surface area contributed by atoms with E-state index in [9.17, 15) is 9.59 Å². The van der Waals surface area contributed by atoms with E-state index in [0.29, 0.717) is 30.5 Å². The zero-order valence-corrected chi connectivity index (χ0v) is 11.2. The summed E-state index contributed by atoms with van der Waals surface area (Å²) in [7, 11) is 1.45. The van der Waals surface area contributed by atoms with Crippen LogP contribution in [-0.4, -0.2) is 38.3 Å². The molecular formula is C13H15NO6. The Hall–Kier alpha value is -2.44. The molecule has 1 atom stereocenters. The van der Waals surface area contributed by atoms with Gasteiger partial charge in [-0.2, -0.15) is 0 Å². The number of methoxy groups -OCH3 is 1. The first-order chi connectivity index (χ1) is 9.52. The summed E-state index contributed by atoms with van der Waals surface area (Å²) in [6.45, 7) is 2.19. The number of primary amides is 1. The fourth-order valence-corrected chi connectivity index (χ4v) is 1.68. The SMILES string of the molecule is COc1cc(C(=O)O[C@H](C)C(N)=O)cc2c1OCCO2. The maximum atomic E-state index is 11.9. The minimum atomic E-state index is -1.01. The van der Waals surface area contributed by atoms with Crippen LogP contribution < -0.4 is 19.9 Å². The number of amides is 1. The van der Waals surface area contributed by atoms with Crippen molar-refractivity contribution in [2.24, 2.45) is 5.73 Å². The van der Waals surface area contributed by atoms with Crippen LogP contribution in [0.4, 0.5) is 0 Å². The van der Waals surface area contributed by atoms with Crippen LogP contribution in [0.3, 0.4) is 0 Å². The number of rotatable bonds is 4. The lowest BCUT2D eigenvalue weighted by Gasteiger charge is -2.21. The highest BCUT2D eigenvalue weighted by molar-refractivity contribution is 5.93. The van der Waals surface area contributed by atoms with E-state index in [0.717, 1.165) is 0 Å². The fourth-order valence-electron chi connectivity index (χ4n) is 1.68. The minimum absolute atomic E-state index is 0.194. The summed E-state index contributed by atoms with van der Waals surface area (Å²) >= 11 is 0. The summed E-state index contributed by atoms with van der Waals surface area (Å²) in [6, 6.07) is 2.94. The number of esters is 1. The molecule has 1 amide bonds. The van der Waals surface area contributed by atoms with Crippen molar-refractivity contribution in [1.82, 2.24) is 0 Å². The van der Waals surface area contributed by atoms with Crippen LogP contribution in [-0.2, 0) is 9.53 Å². The molecule has 1 aliphatic rings. The molecule has 0 saturated carbocycles. The van der Waals surface area contributed by atoms with Crippen LogP contribution in [0.15, 0.2) is 12.1 Å². The van der Waals surface area contributed by atoms with Gasteiger partial charge in [0.25, 0.3) is 5.91 Å². The van der Waals surface area contributed by atoms with Crippen LogP contribution in [0, 0.1) is 0 Å². The molecule has 1 heterocycles. The van der Waals surface area contributed by atoms with Crippen molar-refractivity contribution >= 4 is 11.9 Å². The molecular weight excluding hydrogens is 266 g/mol.